The van der Waals surface area contributed by atoms with E-state index in [2.05, 4.69) is 45.0 Å². The van der Waals surface area contributed by atoms with E-state index in [1.54, 1.807) is 0 Å². The van der Waals surface area contributed by atoms with Crippen LogP contribution in [0.2, 0.25) is 0 Å². The van der Waals surface area contributed by atoms with Crippen molar-refractivity contribution >= 4 is 6.29 Å². The summed E-state index contributed by atoms with van der Waals surface area (Å²) in [5, 5.41) is 0. The molecule has 2 unspecified atom stereocenters. The van der Waals surface area contributed by atoms with Gasteiger partial charge in [-0.1, -0.05) is 57.9 Å². The average Bonchev–Trinajstić information content (AvgIpc) is 2.38. The van der Waals surface area contributed by atoms with Gasteiger partial charge in [0.2, 0.25) is 0 Å². The molecule has 98 valence electrons. The quantitative estimate of drug-likeness (QED) is 0.702. The molecule has 0 aromatic heterocycles. The predicted molar refractivity (Wildman–Crippen MR) is 75.9 cm³/mol. The third-order valence-corrected chi connectivity index (χ3v) is 4.20. The van der Waals surface area contributed by atoms with Crippen LogP contribution in [0.25, 0.3) is 0 Å². The maximum atomic E-state index is 11.2. The van der Waals surface area contributed by atoms with Gasteiger partial charge in [0, 0.05) is 5.92 Å². The second kappa shape index (κ2) is 5.26. The Bertz CT molecular complexity index is 397. The van der Waals surface area contributed by atoms with Crippen LogP contribution < -0.4 is 0 Å². The standard InChI is InChI=1S/C17H24O/c1-17(2,3)15-10-8-13(9-11-15)16-7-5-4-6-14(16)12-18/h8-12,14,16H,4-7H2,1-3H3. The number of carbonyl (C=O) groups excluding carboxylic acids is 1. The van der Waals surface area contributed by atoms with Crippen LogP contribution in [0.4, 0.5) is 0 Å². The summed E-state index contributed by atoms with van der Waals surface area (Å²) in [6.07, 6.45) is 5.87. The molecule has 0 bridgehead atoms. The van der Waals surface area contributed by atoms with Gasteiger partial charge in [0.1, 0.15) is 6.29 Å². The molecule has 1 aromatic carbocycles. The smallest absolute Gasteiger partial charge is 0.123 e. The van der Waals surface area contributed by atoms with Crippen LogP contribution in [0.15, 0.2) is 24.3 Å². The fourth-order valence-corrected chi connectivity index (χ4v) is 2.97. The molecule has 1 aromatic rings. The highest BCUT2D eigenvalue weighted by Crippen LogP contribution is 2.37. The monoisotopic (exact) mass is 244 g/mol. The summed E-state index contributed by atoms with van der Waals surface area (Å²) >= 11 is 0. The molecule has 1 heteroatoms. The molecule has 1 fully saturated rings. The van der Waals surface area contributed by atoms with Crippen LogP contribution in [0.3, 0.4) is 0 Å². The van der Waals surface area contributed by atoms with Crippen molar-refractivity contribution in [3.05, 3.63) is 35.4 Å². The van der Waals surface area contributed by atoms with E-state index in [0.29, 0.717) is 5.92 Å². The summed E-state index contributed by atoms with van der Waals surface area (Å²) in [5.41, 5.74) is 2.92. The van der Waals surface area contributed by atoms with Gasteiger partial charge >= 0.3 is 0 Å². The lowest BCUT2D eigenvalue weighted by atomic mass is 9.75. The number of carbonyl (C=O) groups is 1. The molecule has 18 heavy (non-hydrogen) atoms. The maximum Gasteiger partial charge on any atom is 0.123 e. The molecule has 2 rings (SSSR count). The molecule has 0 aliphatic heterocycles. The minimum absolute atomic E-state index is 0.204. The van der Waals surface area contributed by atoms with Gasteiger partial charge in [-0.05, 0) is 35.3 Å². The Morgan fingerprint density at radius 3 is 2.22 bits per heavy atom. The first kappa shape index (κ1) is 13.3. The van der Waals surface area contributed by atoms with Crippen molar-refractivity contribution in [2.24, 2.45) is 5.92 Å². The Labute approximate surface area is 111 Å². The molecular formula is C17H24O. The average molecular weight is 244 g/mol. The highest BCUT2D eigenvalue weighted by atomic mass is 16.1. The lowest BCUT2D eigenvalue weighted by Gasteiger charge is -2.28. The van der Waals surface area contributed by atoms with Crippen molar-refractivity contribution in [1.82, 2.24) is 0 Å². The minimum Gasteiger partial charge on any atom is -0.303 e. The highest BCUT2D eigenvalue weighted by molar-refractivity contribution is 5.56. The summed E-state index contributed by atoms with van der Waals surface area (Å²) in [7, 11) is 0. The molecule has 2 atom stereocenters. The van der Waals surface area contributed by atoms with E-state index in [0.717, 1.165) is 12.8 Å². The first-order valence-corrected chi connectivity index (χ1v) is 7.08. The second-order valence-electron chi connectivity index (χ2n) is 6.56. The fourth-order valence-electron chi connectivity index (χ4n) is 2.97. The van der Waals surface area contributed by atoms with Crippen LogP contribution >= 0.6 is 0 Å². The molecule has 1 aliphatic rings. The van der Waals surface area contributed by atoms with Gasteiger partial charge in [0.15, 0.2) is 0 Å². The lowest BCUT2D eigenvalue weighted by Crippen LogP contribution is -2.19. The third kappa shape index (κ3) is 2.82. The van der Waals surface area contributed by atoms with Crippen LogP contribution in [-0.2, 0) is 10.2 Å². The van der Waals surface area contributed by atoms with Gasteiger partial charge in [-0.25, -0.2) is 0 Å². The molecule has 0 N–H and O–H groups in total. The lowest BCUT2D eigenvalue weighted by molar-refractivity contribution is -0.112. The zero-order chi connectivity index (χ0) is 13.2. The normalized spacial score (nSPS) is 24.8. The second-order valence-corrected chi connectivity index (χ2v) is 6.56. The third-order valence-electron chi connectivity index (χ3n) is 4.20. The van der Waals surface area contributed by atoms with Crippen molar-refractivity contribution in [2.75, 3.05) is 0 Å². The van der Waals surface area contributed by atoms with Gasteiger partial charge in [-0.3, -0.25) is 0 Å². The molecule has 0 heterocycles. The fraction of sp³-hybridized carbons (Fsp3) is 0.588. The first-order chi connectivity index (χ1) is 8.52. The van der Waals surface area contributed by atoms with Crippen molar-refractivity contribution in [3.63, 3.8) is 0 Å². The zero-order valence-corrected chi connectivity index (χ0v) is 11.8. The maximum absolute atomic E-state index is 11.2. The molecular weight excluding hydrogens is 220 g/mol. The Kier molecular flexibility index (Phi) is 3.89. The number of rotatable bonds is 2. The van der Waals surface area contributed by atoms with Crippen LogP contribution in [0, 0.1) is 5.92 Å². The van der Waals surface area contributed by atoms with Gasteiger partial charge in [0.25, 0.3) is 0 Å². The van der Waals surface area contributed by atoms with E-state index >= 15 is 0 Å². The van der Waals surface area contributed by atoms with Gasteiger partial charge in [-0.2, -0.15) is 0 Å². The van der Waals surface area contributed by atoms with E-state index in [-0.39, 0.29) is 11.3 Å². The van der Waals surface area contributed by atoms with Gasteiger partial charge in [0.05, 0.1) is 0 Å². The molecule has 1 aliphatic carbocycles. The summed E-state index contributed by atoms with van der Waals surface area (Å²) in [6.45, 7) is 6.70. The van der Waals surface area contributed by atoms with Gasteiger partial charge in [-0.15, -0.1) is 0 Å². The summed E-state index contributed by atoms with van der Waals surface area (Å²) in [6, 6.07) is 8.91. The molecule has 1 saturated carbocycles. The summed E-state index contributed by atoms with van der Waals surface area (Å²) in [4.78, 5) is 11.2. The number of hydrogen-bond acceptors (Lipinski definition) is 1. The van der Waals surface area contributed by atoms with Crippen molar-refractivity contribution < 1.29 is 4.79 Å². The Balaban J connectivity index is 2.20. The van der Waals surface area contributed by atoms with Crippen LogP contribution in [0.1, 0.15) is 63.5 Å². The summed E-state index contributed by atoms with van der Waals surface area (Å²) in [5.74, 6) is 0.685. The SMILES string of the molecule is CC(C)(C)c1ccc(C2CCCCC2C=O)cc1. The van der Waals surface area contributed by atoms with Crippen LogP contribution in [-0.4, -0.2) is 6.29 Å². The van der Waals surface area contributed by atoms with E-state index < -0.39 is 0 Å². The minimum atomic E-state index is 0.204. The Hall–Kier alpha value is -1.11. The molecule has 0 radical (unpaired) electrons. The molecule has 0 saturated heterocycles. The molecule has 0 spiro atoms. The predicted octanol–water partition coefficient (Wildman–Crippen LogP) is 4.46. The van der Waals surface area contributed by atoms with Gasteiger partial charge < -0.3 is 4.79 Å². The van der Waals surface area contributed by atoms with Crippen molar-refractivity contribution in [2.45, 2.75) is 57.8 Å². The number of aldehydes is 1. The zero-order valence-electron chi connectivity index (χ0n) is 11.8. The largest absolute Gasteiger partial charge is 0.303 e. The molecule has 1 nitrogen and oxygen atoms in total. The van der Waals surface area contributed by atoms with E-state index in [1.807, 2.05) is 0 Å². The van der Waals surface area contributed by atoms with E-state index in [9.17, 15) is 4.79 Å². The molecule has 0 amide bonds. The van der Waals surface area contributed by atoms with E-state index in [1.165, 1.54) is 30.3 Å². The Morgan fingerprint density at radius 2 is 1.67 bits per heavy atom. The number of hydrogen-bond donors (Lipinski definition) is 0. The van der Waals surface area contributed by atoms with Crippen molar-refractivity contribution in [1.29, 1.82) is 0 Å². The van der Waals surface area contributed by atoms with Crippen molar-refractivity contribution in [3.8, 4) is 0 Å². The summed E-state index contributed by atoms with van der Waals surface area (Å²) < 4.78 is 0. The topological polar surface area (TPSA) is 17.1 Å². The highest BCUT2D eigenvalue weighted by Gasteiger charge is 2.26. The van der Waals surface area contributed by atoms with Crippen LogP contribution in [0.5, 0.6) is 0 Å². The van der Waals surface area contributed by atoms with E-state index in [4.69, 9.17) is 0 Å². The number of benzene rings is 1. The first-order valence-electron chi connectivity index (χ1n) is 7.08. The Morgan fingerprint density at radius 1 is 1.06 bits per heavy atom.